The summed E-state index contributed by atoms with van der Waals surface area (Å²) in [6, 6.07) is 12.7. The summed E-state index contributed by atoms with van der Waals surface area (Å²) >= 11 is 1.53. The fourth-order valence-electron chi connectivity index (χ4n) is 2.92. The Balaban J connectivity index is 1.61. The smallest absolute Gasteiger partial charge is 0.347 e. The largest absolute Gasteiger partial charge is 0.479 e. The van der Waals surface area contributed by atoms with Crippen molar-refractivity contribution in [2.45, 2.75) is 38.9 Å². The summed E-state index contributed by atoms with van der Waals surface area (Å²) in [6.07, 6.45) is 0.177. The predicted octanol–water partition coefficient (Wildman–Crippen LogP) is 3.90. The van der Waals surface area contributed by atoms with Crippen molar-refractivity contribution in [1.82, 2.24) is 0 Å². The molecule has 3 rings (SSSR count). The minimum atomic E-state index is -0.880. The summed E-state index contributed by atoms with van der Waals surface area (Å²) in [5, 5.41) is 11.0. The molecule has 1 N–H and O–H groups in total. The van der Waals surface area contributed by atoms with Crippen LogP contribution in [-0.2, 0) is 14.3 Å². The lowest BCUT2D eigenvalue weighted by Gasteiger charge is -2.16. The Morgan fingerprint density at radius 2 is 1.87 bits per heavy atom. The fourth-order valence-corrected chi connectivity index (χ4v) is 3.97. The van der Waals surface area contributed by atoms with Crippen molar-refractivity contribution in [3.63, 3.8) is 0 Å². The number of aliphatic hydroxyl groups is 1. The highest BCUT2D eigenvalue weighted by molar-refractivity contribution is 7.24. The average molecular weight is 431 g/mol. The highest BCUT2D eigenvalue weighted by Gasteiger charge is 2.19. The van der Waals surface area contributed by atoms with E-state index >= 15 is 0 Å². The monoisotopic (exact) mass is 430 g/mol. The standard InChI is InChI=1S/C23H26O6S/c1-3-4-11-27-13-16(24)14-28-23(26)15(2)29-17-9-10-21-19(12-17)22(25)18-7-5-6-8-20(18)30-21/h5-10,12,15-16,24H,3-4,11,13-14H2,1-2H3. The van der Waals surface area contributed by atoms with Crippen LogP contribution in [0.1, 0.15) is 26.7 Å². The average Bonchev–Trinajstić information content (AvgIpc) is 2.75. The number of rotatable bonds is 10. The summed E-state index contributed by atoms with van der Waals surface area (Å²) < 4.78 is 17.9. The van der Waals surface area contributed by atoms with Gasteiger partial charge < -0.3 is 19.3 Å². The number of fused-ring (bicyclic) bond motifs is 2. The van der Waals surface area contributed by atoms with Gasteiger partial charge in [-0.3, -0.25) is 4.79 Å². The minimum Gasteiger partial charge on any atom is -0.479 e. The lowest BCUT2D eigenvalue weighted by molar-refractivity contribution is -0.155. The molecule has 2 atom stereocenters. The third kappa shape index (κ3) is 5.56. The van der Waals surface area contributed by atoms with Crippen molar-refractivity contribution in [3.8, 4) is 5.75 Å². The van der Waals surface area contributed by atoms with Gasteiger partial charge in [0.05, 0.1) is 6.61 Å². The highest BCUT2D eigenvalue weighted by Crippen LogP contribution is 2.27. The second kappa shape index (κ2) is 10.5. The minimum absolute atomic E-state index is 0.0637. The zero-order chi connectivity index (χ0) is 21.5. The number of aliphatic hydroxyl groups excluding tert-OH is 1. The van der Waals surface area contributed by atoms with Crippen molar-refractivity contribution in [3.05, 3.63) is 52.7 Å². The van der Waals surface area contributed by atoms with Gasteiger partial charge in [-0.2, -0.15) is 0 Å². The van der Waals surface area contributed by atoms with Gasteiger partial charge in [-0.15, -0.1) is 11.3 Å². The van der Waals surface area contributed by atoms with Crippen LogP contribution in [0.15, 0.2) is 47.3 Å². The number of carbonyl (C=O) groups is 1. The van der Waals surface area contributed by atoms with Gasteiger partial charge in [0, 0.05) is 26.8 Å². The molecule has 0 bridgehead atoms. The molecule has 0 saturated carbocycles. The third-order valence-corrected chi connectivity index (χ3v) is 5.71. The molecule has 1 aromatic heterocycles. The van der Waals surface area contributed by atoms with E-state index in [-0.39, 0.29) is 18.6 Å². The first kappa shape index (κ1) is 22.2. The number of unbranched alkanes of at least 4 members (excludes halogenated alkanes) is 1. The summed E-state index contributed by atoms with van der Waals surface area (Å²) in [7, 11) is 0. The topological polar surface area (TPSA) is 82.1 Å². The maximum atomic E-state index is 12.8. The van der Waals surface area contributed by atoms with Gasteiger partial charge in [0.1, 0.15) is 18.5 Å². The van der Waals surface area contributed by atoms with E-state index in [4.69, 9.17) is 14.2 Å². The molecule has 7 heteroatoms. The van der Waals surface area contributed by atoms with Gasteiger partial charge >= 0.3 is 5.97 Å². The molecule has 0 radical (unpaired) electrons. The van der Waals surface area contributed by atoms with Crippen LogP contribution in [0.3, 0.4) is 0 Å². The summed E-state index contributed by atoms with van der Waals surface area (Å²) in [6.45, 7) is 4.15. The molecule has 1 heterocycles. The highest BCUT2D eigenvalue weighted by atomic mass is 32.1. The van der Waals surface area contributed by atoms with Gasteiger partial charge in [-0.1, -0.05) is 25.5 Å². The Morgan fingerprint density at radius 1 is 1.10 bits per heavy atom. The van der Waals surface area contributed by atoms with Crippen molar-refractivity contribution >= 4 is 37.5 Å². The maximum absolute atomic E-state index is 12.8. The lowest BCUT2D eigenvalue weighted by atomic mass is 10.2. The van der Waals surface area contributed by atoms with E-state index in [1.165, 1.54) is 11.3 Å². The van der Waals surface area contributed by atoms with E-state index in [1.54, 1.807) is 25.1 Å². The van der Waals surface area contributed by atoms with Gasteiger partial charge in [0.25, 0.3) is 0 Å². The van der Waals surface area contributed by atoms with Crippen LogP contribution in [0.2, 0.25) is 0 Å². The van der Waals surface area contributed by atoms with Gasteiger partial charge in [0.2, 0.25) is 0 Å². The van der Waals surface area contributed by atoms with E-state index in [2.05, 4.69) is 6.92 Å². The van der Waals surface area contributed by atoms with Crippen molar-refractivity contribution in [1.29, 1.82) is 0 Å². The molecule has 2 aromatic carbocycles. The Labute approximate surface area is 179 Å². The van der Waals surface area contributed by atoms with Crippen LogP contribution in [0.5, 0.6) is 5.75 Å². The third-order valence-electron chi connectivity index (χ3n) is 4.56. The molecule has 0 aliphatic heterocycles. The van der Waals surface area contributed by atoms with E-state index in [0.29, 0.717) is 23.1 Å². The quantitative estimate of drug-likeness (QED) is 0.298. The van der Waals surface area contributed by atoms with Crippen LogP contribution in [-0.4, -0.2) is 43.1 Å². The van der Waals surface area contributed by atoms with E-state index < -0.39 is 18.2 Å². The Hall–Kier alpha value is -2.48. The molecular formula is C23H26O6S. The van der Waals surface area contributed by atoms with Crippen LogP contribution in [0, 0.1) is 0 Å². The summed E-state index contributed by atoms with van der Waals surface area (Å²) in [5.41, 5.74) is -0.0637. The number of carbonyl (C=O) groups excluding carboxylic acids is 1. The number of benzene rings is 2. The molecule has 0 saturated heterocycles. The van der Waals surface area contributed by atoms with E-state index in [9.17, 15) is 14.7 Å². The summed E-state index contributed by atoms with van der Waals surface area (Å²) in [5.74, 6) is -0.179. The molecule has 30 heavy (non-hydrogen) atoms. The maximum Gasteiger partial charge on any atom is 0.347 e. The van der Waals surface area contributed by atoms with Crippen LogP contribution in [0.4, 0.5) is 0 Å². The van der Waals surface area contributed by atoms with Gasteiger partial charge in [-0.05, 0) is 43.7 Å². The molecule has 160 valence electrons. The Bertz CT molecular complexity index is 1060. The second-order valence-corrected chi connectivity index (χ2v) is 8.14. The fraction of sp³-hybridized carbons (Fsp3) is 0.391. The van der Waals surface area contributed by atoms with E-state index in [0.717, 1.165) is 22.2 Å². The Kier molecular flexibility index (Phi) is 7.79. The molecule has 3 aromatic rings. The molecule has 0 aliphatic carbocycles. The Morgan fingerprint density at radius 3 is 2.67 bits per heavy atom. The zero-order valence-corrected chi connectivity index (χ0v) is 17.9. The number of hydrogen-bond acceptors (Lipinski definition) is 7. The van der Waals surface area contributed by atoms with Crippen LogP contribution >= 0.6 is 11.3 Å². The number of hydrogen-bond donors (Lipinski definition) is 1. The predicted molar refractivity (Wildman–Crippen MR) is 118 cm³/mol. The van der Waals surface area contributed by atoms with Crippen LogP contribution < -0.4 is 10.2 Å². The van der Waals surface area contributed by atoms with Gasteiger partial charge in [0.15, 0.2) is 11.5 Å². The number of ether oxygens (including phenoxy) is 3. The normalized spacial score (nSPS) is 13.3. The first-order chi connectivity index (χ1) is 14.5. The molecule has 0 aliphatic rings. The SMILES string of the molecule is CCCCOCC(O)COC(=O)C(C)Oc1ccc2sc3ccccc3c(=O)c2c1. The first-order valence-electron chi connectivity index (χ1n) is 10.0. The molecule has 0 spiro atoms. The first-order valence-corrected chi connectivity index (χ1v) is 10.9. The number of esters is 1. The van der Waals surface area contributed by atoms with Crippen molar-refractivity contribution in [2.24, 2.45) is 0 Å². The van der Waals surface area contributed by atoms with Crippen LogP contribution in [0.25, 0.3) is 20.2 Å². The van der Waals surface area contributed by atoms with Gasteiger partial charge in [-0.25, -0.2) is 4.79 Å². The molecule has 0 fully saturated rings. The molecule has 0 amide bonds. The second-order valence-electron chi connectivity index (χ2n) is 7.06. The van der Waals surface area contributed by atoms with E-state index in [1.807, 2.05) is 24.3 Å². The van der Waals surface area contributed by atoms with Crippen molar-refractivity contribution in [2.75, 3.05) is 19.8 Å². The summed E-state index contributed by atoms with van der Waals surface area (Å²) in [4.78, 5) is 25.0. The molecule has 2 unspecified atom stereocenters. The van der Waals surface area contributed by atoms with Crippen molar-refractivity contribution < 1.29 is 24.1 Å². The molecular weight excluding hydrogens is 404 g/mol. The zero-order valence-electron chi connectivity index (χ0n) is 17.1. The lowest BCUT2D eigenvalue weighted by Crippen LogP contribution is -2.31. The molecule has 6 nitrogen and oxygen atoms in total.